The van der Waals surface area contributed by atoms with Gasteiger partial charge in [-0.3, -0.25) is 9.59 Å². The lowest BCUT2D eigenvalue weighted by atomic mass is 10.1. The monoisotopic (exact) mass is 410 g/mol. The van der Waals surface area contributed by atoms with Crippen molar-refractivity contribution in [3.8, 4) is 5.75 Å². The van der Waals surface area contributed by atoms with Gasteiger partial charge >= 0.3 is 0 Å². The number of ether oxygens (including phenoxy) is 1. The molecule has 0 aliphatic heterocycles. The second kappa shape index (κ2) is 10.8. The summed E-state index contributed by atoms with van der Waals surface area (Å²) in [6, 6.07) is 13.3. The SMILES string of the molecule is CC[C@H](C)NC(=O)[C@@H](C)N(Cc1ccccc1C)C(=O)COc1cc(C)ccc1C. The van der Waals surface area contributed by atoms with Crippen molar-refractivity contribution in [1.29, 1.82) is 0 Å². The molecule has 2 rings (SSSR count). The number of aryl methyl sites for hydroxylation is 3. The summed E-state index contributed by atoms with van der Waals surface area (Å²) in [5.74, 6) is 0.319. The maximum absolute atomic E-state index is 13.2. The predicted molar refractivity (Wildman–Crippen MR) is 120 cm³/mol. The summed E-state index contributed by atoms with van der Waals surface area (Å²) in [5.41, 5.74) is 4.14. The molecule has 2 amide bonds. The maximum atomic E-state index is 13.2. The average Bonchev–Trinajstić information content (AvgIpc) is 2.72. The molecule has 0 radical (unpaired) electrons. The fraction of sp³-hybridized carbons (Fsp3) is 0.440. The molecule has 0 fully saturated rings. The van der Waals surface area contributed by atoms with E-state index in [1.165, 1.54) is 0 Å². The Morgan fingerprint density at radius 2 is 1.73 bits per heavy atom. The van der Waals surface area contributed by atoms with E-state index in [0.717, 1.165) is 28.7 Å². The zero-order valence-corrected chi connectivity index (χ0v) is 19.0. The van der Waals surface area contributed by atoms with Crippen LogP contribution in [0.2, 0.25) is 0 Å². The Kier molecular flexibility index (Phi) is 8.46. The summed E-state index contributed by atoms with van der Waals surface area (Å²) in [6.45, 7) is 11.9. The molecule has 2 aromatic rings. The zero-order valence-electron chi connectivity index (χ0n) is 19.0. The van der Waals surface area contributed by atoms with Crippen LogP contribution in [-0.4, -0.2) is 35.4 Å². The van der Waals surface area contributed by atoms with E-state index in [9.17, 15) is 9.59 Å². The van der Waals surface area contributed by atoms with Crippen molar-refractivity contribution in [2.45, 2.75) is 66.6 Å². The van der Waals surface area contributed by atoms with Crippen molar-refractivity contribution in [2.75, 3.05) is 6.61 Å². The van der Waals surface area contributed by atoms with Crippen LogP contribution < -0.4 is 10.1 Å². The minimum Gasteiger partial charge on any atom is -0.483 e. The standard InChI is InChI=1S/C25H34N2O3/c1-7-20(5)26-25(29)21(6)27(15-22-11-9-8-10-18(22)3)24(28)16-30-23-14-17(2)12-13-19(23)4/h8-14,20-21H,7,15-16H2,1-6H3,(H,26,29)/t20-,21+/m0/s1. The number of carbonyl (C=O) groups excluding carboxylic acids is 2. The number of hydrogen-bond acceptors (Lipinski definition) is 3. The van der Waals surface area contributed by atoms with E-state index in [1.54, 1.807) is 11.8 Å². The van der Waals surface area contributed by atoms with E-state index in [0.29, 0.717) is 12.3 Å². The number of rotatable bonds is 9. The lowest BCUT2D eigenvalue weighted by Crippen LogP contribution is -2.50. The van der Waals surface area contributed by atoms with Gasteiger partial charge in [0.1, 0.15) is 11.8 Å². The van der Waals surface area contributed by atoms with Crippen LogP contribution in [0.3, 0.4) is 0 Å². The summed E-state index contributed by atoms with van der Waals surface area (Å²) in [5, 5.41) is 2.98. The van der Waals surface area contributed by atoms with Crippen LogP contribution in [0.4, 0.5) is 0 Å². The highest BCUT2D eigenvalue weighted by Crippen LogP contribution is 2.20. The van der Waals surface area contributed by atoms with Gasteiger partial charge in [-0.15, -0.1) is 0 Å². The van der Waals surface area contributed by atoms with Crippen molar-refractivity contribution >= 4 is 11.8 Å². The molecule has 0 unspecified atom stereocenters. The first-order chi connectivity index (χ1) is 14.2. The Morgan fingerprint density at radius 1 is 1.03 bits per heavy atom. The Hall–Kier alpha value is -2.82. The van der Waals surface area contributed by atoms with Gasteiger partial charge in [-0.2, -0.15) is 0 Å². The molecule has 0 saturated heterocycles. The van der Waals surface area contributed by atoms with E-state index in [2.05, 4.69) is 5.32 Å². The highest BCUT2D eigenvalue weighted by molar-refractivity contribution is 5.88. The average molecular weight is 411 g/mol. The second-order valence-corrected chi connectivity index (χ2v) is 8.00. The van der Waals surface area contributed by atoms with Crippen LogP contribution in [0.25, 0.3) is 0 Å². The lowest BCUT2D eigenvalue weighted by Gasteiger charge is -2.30. The Bertz CT molecular complexity index is 878. The molecular formula is C25H34N2O3. The van der Waals surface area contributed by atoms with Gasteiger partial charge < -0.3 is 15.0 Å². The molecule has 5 heteroatoms. The van der Waals surface area contributed by atoms with Gasteiger partial charge in [-0.05, 0) is 69.4 Å². The normalized spacial score (nSPS) is 12.7. The third-order valence-corrected chi connectivity index (χ3v) is 5.47. The first-order valence-corrected chi connectivity index (χ1v) is 10.6. The van der Waals surface area contributed by atoms with Gasteiger partial charge in [0.05, 0.1) is 0 Å². The van der Waals surface area contributed by atoms with E-state index in [1.807, 2.05) is 77.1 Å². The molecule has 2 aromatic carbocycles. The number of hydrogen-bond donors (Lipinski definition) is 1. The van der Waals surface area contributed by atoms with Crippen molar-refractivity contribution in [1.82, 2.24) is 10.2 Å². The highest BCUT2D eigenvalue weighted by atomic mass is 16.5. The number of amides is 2. The van der Waals surface area contributed by atoms with Crippen molar-refractivity contribution in [2.24, 2.45) is 0 Å². The fourth-order valence-electron chi connectivity index (χ4n) is 3.10. The van der Waals surface area contributed by atoms with Crippen molar-refractivity contribution in [3.05, 3.63) is 64.7 Å². The quantitative estimate of drug-likeness (QED) is 0.670. The summed E-state index contributed by atoms with van der Waals surface area (Å²) < 4.78 is 5.84. The molecule has 30 heavy (non-hydrogen) atoms. The summed E-state index contributed by atoms with van der Waals surface area (Å²) in [4.78, 5) is 27.5. The van der Waals surface area contributed by atoms with Crippen LogP contribution in [0.1, 0.15) is 49.4 Å². The summed E-state index contributed by atoms with van der Waals surface area (Å²) in [7, 11) is 0. The van der Waals surface area contributed by atoms with Crippen LogP contribution in [0, 0.1) is 20.8 Å². The zero-order chi connectivity index (χ0) is 22.3. The minimum atomic E-state index is -0.603. The molecule has 2 atom stereocenters. The van der Waals surface area contributed by atoms with Crippen LogP contribution in [0.15, 0.2) is 42.5 Å². The van der Waals surface area contributed by atoms with Gasteiger partial charge in [0.25, 0.3) is 5.91 Å². The third kappa shape index (κ3) is 6.34. The molecule has 0 bridgehead atoms. The largest absolute Gasteiger partial charge is 0.483 e. The smallest absolute Gasteiger partial charge is 0.261 e. The molecule has 0 heterocycles. The molecule has 0 aliphatic carbocycles. The van der Waals surface area contributed by atoms with E-state index in [-0.39, 0.29) is 24.5 Å². The molecule has 162 valence electrons. The molecule has 0 spiro atoms. The number of nitrogens with one attached hydrogen (secondary N) is 1. The molecule has 5 nitrogen and oxygen atoms in total. The molecule has 0 saturated carbocycles. The fourth-order valence-corrected chi connectivity index (χ4v) is 3.10. The first kappa shape index (κ1) is 23.5. The topological polar surface area (TPSA) is 58.6 Å². The van der Waals surface area contributed by atoms with Crippen molar-refractivity contribution < 1.29 is 14.3 Å². The van der Waals surface area contributed by atoms with Gasteiger partial charge in [0, 0.05) is 12.6 Å². The predicted octanol–water partition coefficient (Wildman–Crippen LogP) is 4.32. The van der Waals surface area contributed by atoms with Crippen molar-refractivity contribution in [3.63, 3.8) is 0 Å². The van der Waals surface area contributed by atoms with Gasteiger partial charge in [-0.25, -0.2) is 0 Å². The second-order valence-electron chi connectivity index (χ2n) is 8.00. The van der Waals surface area contributed by atoms with Gasteiger partial charge in [-0.1, -0.05) is 43.3 Å². The van der Waals surface area contributed by atoms with Crippen LogP contribution in [0.5, 0.6) is 5.75 Å². The molecule has 1 N–H and O–H groups in total. The Morgan fingerprint density at radius 3 is 2.40 bits per heavy atom. The summed E-state index contributed by atoms with van der Waals surface area (Å²) in [6.07, 6.45) is 0.833. The molecular weight excluding hydrogens is 376 g/mol. The summed E-state index contributed by atoms with van der Waals surface area (Å²) >= 11 is 0. The molecule has 0 aromatic heterocycles. The van der Waals surface area contributed by atoms with E-state index < -0.39 is 6.04 Å². The molecule has 0 aliphatic rings. The number of benzene rings is 2. The number of carbonyl (C=O) groups is 2. The van der Waals surface area contributed by atoms with E-state index in [4.69, 9.17) is 4.74 Å². The Balaban J connectivity index is 2.20. The first-order valence-electron chi connectivity index (χ1n) is 10.6. The highest BCUT2D eigenvalue weighted by Gasteiger charge is 2.27. The van der Waals surface area contributed by atoms with Gasteiger partial charge in [0.2, 0.25) is 5.91 Å². The van der Waals surface area contributed by atoms with Gasteiger partial charge in [0.15, 0.2) is 6.61 Å². The Labute approximate surface area is 180 Å². The van der Waals surface area contributed by atoms with Crippen LogP contribution >= 0.6 is 0 Å². The minimum absolute atomic E-state index is 0.0570. The maximum Gasteiger partial charge on any atom is 0.261 e. The lowest BCUT2D eigenvalue weighted by molar-refractivity contribution is -0.142. The third-order valence-electron chi connectivity index (χ3n) is 5.47. The van der Waals surface area contributed by atoms with Crippen LogP contribution in [-0.2, 0) is 16.1 Å². The number of nitrogens with zero attached hydrogens (tertiary/aromatic N) is 1. The van der Waals surface area contributed by atoms with E-state index >= 15 is 0 Å².